The molecular formula is C6H3ClF2N2O. The summed E-state index contributed by atoms with van der Waals surface area (Å²) < 4.78 is 24.3. The predicted molar refractivity (Wildman–Crippen MR) is 37.2 cm³/mol. The van der Waals surface area contributed by atoms with Crippen molar-refractivity contribution in [1.29, 1.82) is 0 Å². The average Bonchev–Trinajstić information content (AvgIpc) is 2.03. The van der Waals surface area contributed by atoms with Crippen molar-refractivity contribution in [2.45, 2.75) is 5.38 Å². The summed E-state index contributed by atoms with van der Waals surface area (Å²) in [4.78, 5) is 17.5. The smallest absolute Gasteiger partial charge is 0.284 e. The molecule has 1 aromatic rings. The van der Waals surface area contributed by atoms with Crippen molar-refractivity contribution >= 4 is 17.4 Å². The largest absolute Gasteiger partial charge is 0.386 e. The van der Waals surface area contributed by atoms with Gasteiger partial charge in [0, 0.05) is 12.4 Å². The molecule has 0 atom stereocenters. The Hall–Kier alpha value is -1.10. The van der Waals surface area contributed by atoms with Gasteiger partial charge in [0.1, 0.15) is 5.69 Å². The number of Topliss-reactive ketones (excluding diaryl/α,β-unsaturated/α-hetero) is 1. The SMILES string of the molecule is O=C(c1cnccn1)C(F)(F)Cl. The minimum atomic E-state index is -3.91. The number of nitrogens with zero attached hydrogens (tertiary/aromatic N) is 2. The number of carbonyl (C=O) groups is 1. The van der Waals surface area contributed by atoms with Gasteiger partial charge in [-0.1, -0.05) is 0 Å². The van der Waals surface area contributed by atoms with Gasteiger partial charge in [-0.3, -0.25) is 9.78 Å². The molecule has 0 aliphatic carbocycles. The van der Waals surface area contributed by atoms with E-state index >= 15 is 0 Å². The molecule has 0 unspecified atom stereocenters. The molecular weight excluding hydrogens is 190 g/mol. The number of alkyl halides is 3. The molecule has 12 heavy (non-hydrogen) atoms. The number of hydrogen-bond donors (Lipinski definition) is 0. The molecule has 0 amide bonds. The highest BCUT2D eigenvalue weighted by atomic mass is 35.5. The molecule has 0 saturated heterocycles. The average molecular weight is 193 g/mol. The fourth-order valence-corrected chi connectivity index (χ4v) is 0.658. The van der Waals surface area contributed by atoms with Crippen LogP contribution in [0.15, 0.2) is 18.6 Å². The van der Waals surface area contributed by atoms with Crippen LogP contribution in [0.4, 0.5) is 8.78 Å². The van der Waals surface area contributed by atoms with E-state index in [0.717, 1.165) is 12.4 Å². The van der Waals surface area contributed by atoms with E-state index in [1.165, 1.54) is 6.20 Å². The van der Waals surface area contributed by atoms with E-state index in [4.69, 9.17) is 0 Å². The second-order valence-corrected chi connectivity index (χ2v) is 2.39. The molecule has 0 aromatic carbocycles. The first-order valence-electron chi connectivity index (χ1n) is 2.89. The molecule has 3 nitrogen and oxygen atoms in total. The van der Waals surface area contributed by atoms with Crippen LogP contribution in [0.1, 0.15) is 10.5 Å². The second kappa shape index (κ2) is 3.10. The fourth-order valence-electron chi connectivity index (χ4n) is 0.562. The maximum absolute atomic E-state index is 12.1. The standard InChI is InChI=1S/C6H3ClF2N2O/c7-6(8,9)5(12)4-3-10-1-2-11-4/h1-3H. The Labute approximate surface area is 71.4 Å². The minimum absolute atomic E-state index is 0.447. The minimum Gasteiger partial charge on any atom is -0.284 e. The van der Waals surface area contributed by atoms with Crippen molar-refractivity contribution in [2.24, 2.45) is 0 Å². The molecule has 0 radical (unpaired) electrons. The number of ketones is 1. The van der Waals surface area contributed by atoms with E-state index in [2.05, 4.69) is 21.6 Å². The lowest BCUT2D eigenvalue weighted by Gasteiger charge is -2.03. The van der Waals surface area contributed by atoms with Crippen LogP contribution < -0.4 is 0 Å². The Morgan fingerprint density at radius 1 is 1.50 bits per heavy atom. The normalized spacial score (nSPS) is 11.2. The molecule has 0 aliphatic heterocycles. The highest BCUT2D eigenvalue weighted by molar-refractivity contribution is 6.34. The van der Waals surface area contributed by atoms with Gasteiger partial charge < -0.3 is 0 Å². The molecule has 1 aromatic heterocycles. The molecule has 0 N–H and O–H groups in total. The fraction of sp³-hybridized carbons (Fsp3) is 0.167. The van der Waals surface area contributed by atoms with Crippen LogP contribution in [-0.4, -0.2) is 21.1 Å². The van der Waals surface area contributed by atoms with Crippen LogP contribution in [0, 0.1) is 0 Å². The molecule has 6 heteroatoms. The van der Waals surface area contributed by atoms with E-state index < -0.39 is 16.9 Å². The number of rotatable bonds is 2. The van der Waals surface area contributed by atoms with Gasteiger partial charge in [-0.25, -0.2) is 4.98 Å². The topological polar surface area (TPSA) is 42.9 Å². The van der Waals surface area contributed by atoms with Crippen molar-refractivity contribution in [3.8, 4) is 0 Å². The van der Waals surface area contributed by atoms with Crippen LogP contribution in [0.2, 0.25) is 0 Å². The lowest BCUT2D eigenvalue weighted by Crippen LogP contribution is -2.22. The number of carbonyl (C=O) groups excluding carboxylic acids is 1. The summed E-state index contributed by atoms with van der Waals surface area (Å²) in [5.41, 5.74) is -0.447. The first-order valence-corrected chi connectivity index (χ1v) is 3.27. The van der Waals surface area contributed by atoms with Gasteiger partial charge in [-0.15, -0.1) is 0 Å². The third kappa shape index (κ3) is 1.94. The van der Waals surface area contributed by atoms with Gasteiger partial charge in [0.15, 0.2) is 0 Å². The van der Waals surface area contributed by atoms with Gasteiger partial charge in [0.05, 0.1) is 6.20 Å². The van der Waals surface area contributed by atoms with E-state index in [9.17, 15) is 13.6 Å². The number of halogens is 3. The van der Waals surface area contributed by atoms with Crippen molar-refractivity contribution in [3.05, 3.63) is 24.3 Å². The molecule has 0 saturated carbocycles. The Bertz CT molecular complexity index is 285. The lowest BCUT2D eigenvalue weighted by molar-refractivity contribution is 0.0530. The van der Waals surface area contributed by atoms with Gasteiger partial charge in [-0.05, 0) is 11.6 Å². The monoisotopic (exact) mass is 192 g/mol. The number of aromatic nitrogens is 2. The van der Waals surface area contributed by atoms with E-state index in [0.29, 0.717) is 0 Å². The Morgan fingerprint density at radius 2 is 2.17 bits per heavy atom. The Morgan fingerprint density at radius 3 is 2.58 bits per heavy atom. The summed E-state index contributed by atoms with van der Waals surface area (Å²) in [6.45, 7) is 0. The van der Waals surface area contributed by atoms with Crippen molar-refractivity contribution in [3.63, 3.8) is 0 Å². The van der Waals surface area contributed by atoms with E-state index in [1.54, 1.807) is 0 Å². The van der Waals surface area contributed by atoms with Crippen molar-refractivity contribution in [1.82, 2.24) is 9.97 Å². The number of hydrogen-bond acceptors (Lipinski definition) is 3. The van der Waals surface area contributed by atoms with Crippen molar-refractivity contribution in [2.75, 3.05) is 0 Å². The Kier molecular flexibility index (Phi) is 2.32. The maximum atomic E-state index is 12.1. The zero-order valence-electron chi connectivity index (χ0n) is 5.67. The van der Waals surface area contributed by atoms with Crippen molar-refractivity contribution < 1.29 is 13.6 Å². The molecule has 0 aliphatic rings. The quantitative estimate of drug-likeness (QED) is 0.527. The van der Waals surface area contributed by atoms with Gasteiger partial charge in [0.25, 0.3) is 5.78 Å². The Balaban J connectivity index is 2.94. The van der Waals surface area contributed by atoms with Gasteiger partial charge >= 0.3 is 5.38 Å². The predicted octanol–water partition coefficient (Wildman–Crippen LogP) is 1.49. The summed E-state index contributed by atoms with van der Waals surface area (Å²) in [6.07, 6.45) is 3.33. The molecule has 0 spiro atoms. The third-order valence-corrected chi connectivity index (χ3v) is 1.22. The first kappa shape index (κ1) is 8.99. The molecule has 64 valence electrons. The van der Waals surface area contributed by atoms with Crippen LogP contribution in [0.5, 0.6) is 0 Å². The van der Waals surface area contributed by atoms with Gasteiger partial charge in [-0.2, -0.15) is 8.78 Å². The van der Waals surface area contributed by atoms with Crippen LogP contribution >= 0.6 is 11.6 Å². The summed E-state index contributed by atoms with van der Waals surface area (Å²) in [5.74, 6) is -1.54. The van der Waals surface area contributed by atoms with Crippen LogP contribution in [-0.2, 0) is 0 Å². The molecule has 1 rings (SSSR count). The zero-order chi connectivity index (χ0) is 9.19. The summed E-state index contributed by atoms with van der Waals surface area (Å²) in [5, 5.41) is -3.91. The summed E-state index contributed by atoms with van der Waals surface area (Å²) >= 11 is 4.47. The molecule has 0 bridgehead atoms. The lowest BCUT2D eigenvalue weighted by atomic mass is 10.3. The summed E-state index contributed by atoms with van der Waals surface area (Å²) in [6, 6.07) is 0. The molecule has 1 heterocycles. The van der Waals surface area contributed by atoms with E-state index in [1.807, 2.05) is 0 Å². The van der Waals surface area contributed by atoms with Crippen LogP contribution in [0.25, 0.3) is 0 Å². The first-order chi connectivity index (χ1) is 5.52. The zero-order valence-corrected chi connectivity index (χ0v) is 6.42. The summed E-state index contributed by atoms with van der Waals surface area (Å²) in [7, 11) is 0. The maximum Gasteiger partial charge on any atom is 0.386 e. The van der Waals surface area contributed by atoms with Crippen LogP contribution in [0.3, 0.4) is 0 Å². The highest BCUT2D eigenvalue weighted by Gasteiger charge is 2.37. The second-order valence-electron chi connectivity index (χ2n) is 1.92. The van der Waals surface area contributed by atoms with E-state index in [-0.39, 0.29) is 0 Å². The van der Waals surface area contributed by atoms with Gasteiger partial charge in [0.2, 0.25) is 0 Å². The highest BCUT2D eigenvalue weighted by Crippen LogP contribution is 2.22. The molecule has 0 fully saturated rings. The third-order valence-electron chi connectivity index (χ3n) is 1.05.